The molecule has 0 saturated heterocycles. The van der Waals surface area contributed by atoms with Crippen LogP contribution < -0.4 is 10.6 Å². The summed E-state index contributed by atoms with van der Waals surface area (Å²) in [5.74, 6) is -0.166. The second-order valence-electron chi connectivity index (χ2n) is 5.15. The summed E-state index contributed by atoms with van der Waals surface area (Å²) in [5.41, 5.74) is 7.38. The third-order valence-electron chi connectivity index (χ3n) is 3.58. The third-order valence-corrected chi connectivity index (χ3v) is 3.80. The molecule has 0 aliphatic carbocycles. The van der Waals surface area contributed by atoms with Gasteiger partial charge in [-0.25, -0.2) is 9.38 Å². The molecule has 116 valence electrons. The molecule has 0 bridgehead atoms. The average Bonchev–Trinajstić information content (AvgIpc) is 2.53. The summed E-state index contributed by atoms with van der Waals surface area (Å²) in [7, 11) is 1.72. The molecule has 0 fully saturated rings. The molecule has 0 radical (unpaired) electrons. The summed E-state index contributed by atoms with van der Waals surface area (Å²) in [4.78, 5) is 6.07. The fraction of sp³-hybridized carbons (Fsp3) is 0.0556. The van der Waals surface area contributed by atoms with Crippen molar-refractivity contribution in [3.8, 4) is 0 Å². The van der Waals surface area contributed by atoms with Crippen LogP contribution in [0.15, 0.2) is 65.7 Å². The largest absolute Gasteiger partial charge is 0.369 e. The number of halogens is 2. The van der Waals surface area contributed by atoms with Crippen molar-refractivity contribution in [3.63, 3.8) is 0 Å². The summed E-state index contributed by atoms with van der Waals surface area (Å²) in [6.07, 6.45) is 0. The van der Waals surface area contributed by atoms with Gasteiger partial charge >= 0.3 is 0 Å². The first-order chi connectivity index (χ1) is 11.0. The van der Waals surface area contributed by atoms with Crippen LogP contribution in [-0.4, -0.2) is 13.0 Å². The van der Waals surface area contributed by atoms with Gasteiger partial charge in [0.2, 0.25) is 5.96 Å². The topological polar surface area (TPSA) is 41.6 Å². The van der Waals surface area contributed by atoms with Crippen LogP contribution in [0.5, 0.6) is 0 Å². The van der Waals surface area contributed by atoms with E-state index in [0.29, 0.717) is 10.7 Å². The molecular weight excluding hydrogens is 313 g/mol. The van der Waals surface area contributed by atoms with Gasteiger partial charge in [-0.1, -0.05) is 48.0 Å². The van der Waals surface area contributed by atoms with E-state index in [4.69, 9.17) is 17.3 Å². The van der Waals surface area contributed by atoms with Gasteiger partial charge in [-0.3, -0.25) is 0 Å². The van der Waals surface area contributed by atoms with Crippen molar-refractivity contribution in [2.75, 3.05) is 11.9 Å². The average molecular weight is 328 g/mol. The molecule has 3 aromatic rings. The van der Waals surface area contributed by atoms with Crippen LogP contribution in [-0.2, 0) is 0 Å². The van der Waals surface area contributed by atoms with Crippen molar-refractivity contribution in [1.29, 1.82) is 0 Å². The lowest BCUT2D eigenvalue weighted by Gasteiger charge is -2.18. The fourth-order valence-corrected chi connectivity index (χ4v) is 2.59. The smallest absolute Gasteiger partial charge is 0.200 e. The predicted octanol–water partition coefficient (Wildman–Crippen LogP) is 4.71. The van der Waals surface area contributed by atoms with Crippen molar-refractivity contribution >= 4 is 39.7 Å². The SMILES string of the molecule is CN(C(N)=Nc1cccc2ccccc12)c1cc(F)cc(Cl)c1. The van der Waals surface area contributed by atoms with Gasteiger partial charge in [-0.2, -0.15) is 0 Å². The summed E-state index contributed by atoms with van der Waals surface area (Å²) in [5, 5.41) is 2.39. The highest BCUT2D eigenvalue weighted by atomic mass is 35.5. The van der Waals surface area contributed by atoms with Gasteiger partial charge in [0.25, 0.3) is 0 Å². The molecule has 3 rings (SSSR count). The van der Waals surface area contributed by atoms with Gasteiger partial charge in [-0.15, -0.1) is 0 Å². The first kappa shape index (κ1) is 15.3. The zero-order valence-corrected chi connectivity index (χ0v) is 13.3. The molecule has 2 N–H and O–H groups in total. The molecule has 5 heteroatoms. The van der Waals surface area contributed by atoms with Gasteiger partial charge in [0.15, 0.2) is 0 Å². The Bertz CT molecular complexity index is 867. The Morgan fingerprint density at radius 2 is 1.83 bits per heavy atom. The Labute approximate surface area is 138 Å². The Morgan fingerprint density at radius 1 is 1.09 bits per heavy atom. The molecule has 0 aliphatic heterocycles. The molecule has 0 unspecified atom stereocenters. The molecule has 0 aromatic heterocycles. The Hall–Kier alpha value is -2.59. The van der Waals surface area contributed by atoms with Crippen LogP contribution in [0, 0.1) is 5.82 Å². The monoisotopic (exact) mass is 327 g/mol. The molecule has 0 atom stereocenters. The summed E-state index contributed by atoms with van der Waals surface area (Å²) >= 11 is 5.89. The number of hydrogen-bond acceptors (Lipinski definition) is 1. The van der Waals surface area contributed by atoms with E-state index in [1.54, 1.807) is 18.0 Å². The van der Waals surface area contributed by atoms with Crippen LogP contribution >= 0.6 is 11.6 Å². The maximum atomic E-state index is 13.5. The first-order valence-corrected chi connectivity index (χ1v) is 7.44. The van der Waals surface area contributed by atoms with Gasteiger partial charge in [0, 0.05) is 23.1 Å². The second kappa shape index (κ2) is 6.26. The van der Waals surface area contributed by atoms with E-state index in [0.717, 1.165) is 16.5 Å². The summed E-state index contributed by atoms with van der Waals surface area (Å²) in [6.45, 7) is 0. The number of hydrogen-bond donors (Lipinski definition) is 1. The van der Waals surface area contributed by atoms with E-state index >= 15 is 0 Å². The van der Waals surface area contributed by atoms with Crippen molar-refractivity contribution in [2.45, 2.75) is 0 Å². The Morgan fingerprint density at radius 3 is 2.61 bits per heavy atom. The quantitative estimate of drug-likeness (QED) is 0.547. The number of benzene rings is 3. The van der Waals surface area contributed by atoms with Gasteiger partial charge in [0.05, 0.1) is 5.69 Å². The lowest BCUT2D eigenvalue weighted by Crippen LogP contribution is -2.33. The van der Waals surface area contributed by atoms with Crippen LogP contribution in [0.3, 0.4) is 0 Å². The van der Waals surface area contributed by atoms with Crippen molar-refractivity contribution in [2.24, 2.45) is 10.7 Å². The number of rotatable bonds is 2. The van der Waals surface area contributed by atoms with E-state index in [2.05, 4.69) is 4.99 Å². The van der Waals surface area contributed by atoms with Crippen molar-refractivity contribution in [3.05, 3.63) is 71.5 Å². The van der Waals surface area contributed by atoms with Gasteiger partial charge in [0.1, 0.15) is 5.82 Å². The maximum Gasteiger partial charge on any atom is 0.200 e. The molecule has 0 saturated carbocycles. The molecule has 0 aliphatic rings. The highest BCUT2D eigenvalue weighted by molar-refractivity contribution is 6.31. The second-order valence-corrected chi connectivity index (χ2v) is 5.59. The molecular formula is C18H15ClFN3. The Balaban J connectivity index is 2.00. The lowest BCUT2D eigenvalue weighted by molar-refractivity contribution is 0.628. The number of nitrogens with two attached hydrogens (primary N) is 1. The minimum Gasteiger partial charge on any atom is -0.369 e. The van der Waals surface area contributed by atoms with E-state index in [9.17, 15) is 4.39 Å². The number of aliphatic imine (C=N–C) groups is 1. The van der Waals surface area contributed by atoms with Crippen LogP contribution in [0.4, 0.5) is 15.8 Å². The van der Waals surface area contributed by atoms with Crippen molar-refractivity contribution in [1.82, 2.24) is 0 Å². The zero-order valence-electron chi connectivity index (χ0n) is 12.5. The minimum atomic E-state index is -0.419. The fourth-order valence-electron chi connectivity index (χ4n) is 2.37. The summed E-state index contributed by atoms with van der Waals surface area (Å²) in [6, 6.07) is 18.0. The predicted molar refractivity (Wildman–Crippen MR) is 95.0 cm³/mol. The minimum absolute atomic E-state index is 0.253. The molecule has 0 amide bonds. The number of fused-ring (bicyclic) bond motifs is 1. The molecule has 23 heavy (non-hydrogen) atoms. The number of guanidine groups is 1. The van der Waals surface area contributed by atoms with E-state index in [1.165, 1.54) is 12.1 Å². The van der Waals surface area contributed by atoms with Gasteiger partial charge < -0.3 is 10.6 Å². The highest BCUT2D eigenvalue weighted by Crippen LogP contribution is 2.26. The normalized spacial score (nSPS) is 11.7. The number of anilines is 1. The van der Waals surface area contributed by atoms with Crippen LogP contribution in [0.25, 0.3) is 10.8 Å². The van der Waals surface area contributed by atoms with E-state index in [1.807, 2.05) is 42.5 Å². The third kappa shape index (κ3) is 3.27. The first-order valence-electron chi connectivity index (χ1n) is 7.06. The standard InChI is InChI=1S/C18H15ClFN3/c1-23(15-10-13(19)9-14(20)11-15)18(21)22-17-8-4-6-12-5-2-3-7-16(12)17/h2-11H,1H3,(H2,21,22). The van der Waals surface area contributed by atoms with E-state index in [-0.39, 0.29) is 5.96 Å². The molecule has 0 heterocycles. The lowest BCUT2D eigenvalue weighted by atomic mass is 10.1. The van der Waals surface area contributed by atoms with Crippen molar-refractivity contribution < 1.29 is 4.39 Å². The maximum absolute atomic E-state index is 13.5. The molecule has 3 nitrogen and oxygen atoms in total. The van der Waals surface area contributed by atoms with Gasteiger partial charge in [-0.05, 0) is 29.7 Å². The number of nitrogens with zero attached hydrogens (tertiary/aromatic N) is 2. The molecule has 3 aromatic carbocycles. The highest BCUT2D eigenvalue weighted by Gasteiger charge is 2.09. The van der Waals surface area contributed by atoms with E-state index < -0.39 is 5.82 Å². The summed E-state index contributed by atoms with van der Waals surface area (Å²) < 4.78 is 13.5. The van der Waals surface area contributed by atoms with Crippen LogP contribution in [0.1, 0.15) is 0 Å². The molecule has 0 spiro atoms. The zero-order chi connectivity index (χ0) is 16.4. The Kier molecular flexibility index (Phi) is 4.17. The van der Waals surface area contributed by atoms with Crippen LogP contribution in [0.2, 0.25) is 5.02 Å².